The zero-order valence-corrected chi connectivity index (χ0v) is 11.3. The van der Waals surface area contributed by atoms with Gasteiger partial charge in [0.2, 0.25) is 11.8 Å². The second-order valence-corrected chi connectivity index (χ2v) is 5.42. The van der Waals surface area contributed by atoms with Crippen molar-refractivity contribution in [3.63, 3.8) is 0 Å². The minimum atomic E-state index is -1.41. The summed E-state index contributed by atoms with van der Waals surface area (Å²) >= 11 is 0. The molecule has 2 N–H and O–H groups in total. The van der Waals surface area contributed by atoms with E-state index in [1.807, 2.05) is 0 Å². The summed E-state index contributed by atoms with van der Waals surface area (Å²) in [6.45, 7) is 2.83. The zero-order chi connectivity index (χ0) is 14.9. The number of hydrogen-bond donors (Lipinski definition) is 2. The molecule has 0 saturated heterocycles. The Morgan fingerprint density at radius 2 is 1.70 bits per heavy atom. The number of benzene rings is 1. The SMILES string of the molecule is CC(C)(C(=O)Nc1c(F)cccc1F)C(=O)NC1CC1. The van der Waals surface area contributed by atoms with Crippen LogP contribution in [0.15, 0.2) is 18.2 Å². The summed E-state index contributed by atoms with van der Waals surface area (Å²) in [5, 5.41) is 4.85. The number of halogens is 2. The van der Waals surface area contributed by atoms with Crippen LogP contribution in [0.25, 0.3) is 0 Å². The van der Waals surface area contributed by atoms with E-state index < -0.39 is 34.6 Å². The molecule has 2 amide bonds. The summed E-state index contributed by atoms with van der Waals surface area (Å²) in [7, 11) is 0. The first-order valence-corrected chi connectivity index (χ1v) is 6.39. The molecule has 1 aliphatic rings. The van der Waals surface area contributed by atoms with Crippen molar-refractivity contribution in [1.29, 1.82) is 0 Å². The summed E-state index contributed by atoms with van der Waals surface area (Å²) in [6, 6.07) is 3.39. The van der Waals surface area contributed by atoms with Crippen LogP contribution in [-0.2, 0) is 9.59 Å². The van der Waals surface area contributed by atoms with Crippen LogP contribution in [0.3, 0.4) is 0 Å². The molecule has 0 aliphatic heterocycles. The summed E-state index contributed by atoms with van der Waals surface area (Å²) in [6.07, 6.45) is 1.79. The second-order valence-electron chi connectivity index (χ2n) is 5.42. The Kier molecular flexibility index (Phi) is 3.74. The van der Waals surface area contributed by atoms with E-state index in [-0.39, 0.29) is 6.04 Å². The van der Waals surface area contributed by atoms with Crippen molar-refractivity contribution in [2.24, 2.45) is 5.41 Å². The maximum Gasteiger partial charge on any atom is 0.239 e. The highest BCUT2D eigenvalue weighted by molar-refractivity contribution is 6.10. The molecule has 0 radical (unpaired) electrons. The van der Waals surface area contributed by atoms with Crippen LogP contribution in [0, 0.1) is 17.0 Å². The van der Waals surface area contributed by atoms with Gasteiger partial charge in [-0.3, -0.25) is 9.59 Å². The van der Waals surface area contributed by atoms with Gasteiger partial charge >= 0.3 is 0 Å². The molecule has 1 aromatic carbocycles. The van der Waals surface area contributed by atoms with Gasteiger partial charge in [-0.2, -0.15) is 0 Å². The van der Waals surface area contributed by atoms with Crippen LogP contribution in [0.2, 0.25) is 0 Å². The van der Waals surface area contributed by atoms with E-state index in [2.05, 4.69) is 10.6 Å². The lowest BCUT2D eigenvalue weighted by Gasteiger charge is -2.23. The predicted octanol–water partition coefficient (Wildman–Crippen LogP) is 2.21. The Balaban J connectivity index is 2.11. The standard InChI is InChI=1S/C14H16F2N2O2/c1-14(2,12(19)17-8-6-7-8)13(20)18-11-9(15)4-3-5-10(11)16/h3-5,8H,6-7H2,1-2H3,(H,17,19)(H,18,20). The Morgan fingerprint density at radius 3 is 2.20 bits per heavy atom. The maximum absolute atomic E-state index is 13.5. The molecule has 1 aromatic rings. The Morgan fingerprint density at radius 1 is 1.15 bits per heavy atom. The van der Waals surface area contributed by atoms with Gasteiger partial charge in [-0.1, -0.05) is 6.07 Å². The van der Waals surface area contributed by atoms with Crippen molar-refractivity contribution in [1.82, 2.24) is 5.32 Å². The third-order valence-corrected chi connectivity index (χ3v) is 3.25. The molecule has 2 rings (SSSR count). The van der Waals surface area contributed by atoms with E-state index in [1.165, 1.54) is 19.9 Å². The van der Waals surface area contributed by atoms with Crippen molar-refractivity contribution in [2.45, 2.75) is 32.7 Å². The fraction of sp³-hybridized carbons (Fsp3) is 0.429. The normalized spacial score (nSPS) is 14.8. The Bertz CT molecular complexity index is 534. The average molecular weight is 282 g/mol. The lowest BCUT2D eigenvalue weighted by atomic mass is 9.91. The number of carbonyl (C=O) groups is 2. The van der Waals surface area contributed by atoms with Gasteiger partial charge in [0, 0.05) is 6.04 Å². The van der Waals surface area contributed by atoms with Crippen molar-refractivity contribution in [3.8, 4) is 0 Å². The molecule has 0 spiro atoms. The second kappa shape index (κ2) is 5.19. The molecule has 4 nitrogen and oxygen atoms in total. The Hall–Kier alpha value is -1.98. The van der Waals surface area contributed by atoms with Crippen LogP contribution in [0.1, 0.15) is 26.7 Å². The molecular weight excluding hydrogens is 266 g/mol. The minimum absolute atomic E-state index is 0.111. The van der Waals surface area contributed by atoms with Gasteiger partial charge in [-0.25, -0.2) is 8.78 Å². The first-order chi connectivity index (χ1) is 9.32. The van der Waals surface area contributed by atoms with E-state index in [4.69, 9.17) is 0 Å². The van der Waals surface area contributed by atoms with Gasteiger partial charge < -0.3 is 10.6 Å². The van der Waals surface area contributed by atoms with Crippen molar-refractivity contribution >= 4 is 17.5 Å². The fourth-order valence-electron chi connectivity index (χ4n) is 1.58. The minimum Gasteiger partial charge on any atom is -0.352 e. The van der Waals surface area contributed by atoms with Gasteiger partial charge in [-0.05, 0) is 38.8 Å². The summed E-state index contributed by atoms with van der Waals surface area (Å²) in [5.74, 6) is -2.96. The molecule has 1 aliphatic carbocycles. The van der Waals surface area contributed by atoms with Crippen LogP contribution in [-0.4, -0.2) is 17.9 Å². The number of para-hydroxylation sites is 1. The number of carbonyl (C=O) groups excluding carboxylic acids is 2. The molecule has 1 fully saturated rings. The molecule has 6 heteroatoms. The lowest BCUT2D eigenvalue weighted by Crippen LogP contribution is -2.46. The van der Waals surface area contributed by atoms with E-state index in [1.54, 1.807) is 0 Å². The number of amides is 2. The van der Waals surface area contributed by atoms with Crippen molar-refractivity contribution in [3.05, 3.63) is 29.8 Å². The average Bonchev–Trinajstić information content (AvgIpc) is 3.17. The number of hydrogen-bond acceptors (Lipinski definition) is 2. The molecule has 1 saturated carbocycles. The largest absolute Gasteiger partial charge is 0.352 e. The van der Waals surface area contributed by atoms with E-state index in [9.17, 15) is 18.4 Å². The summed E-state index contributed by atoms with van der Waals surface area (Å²) < 4.78 is 26.9. The molecule has 0 bridgehead atoms. The highest BCUT2D eigenvalue weighted by atomic mass is 19.1. The molecule has 0 atom stereocenters. The van der Waals surface area contributed by atoms with Crippen LogP contribution in [0.4, 0.5) is 14.5 Å². The predicted molar refractivity (Wildman–Crippen MR) is 69.9 cm³/mol. The number of nitrogens with one attached hydrogen (secondary N) is 2. The number of rotatable bonds is 4. The lowest BCUT2D eigenvalue weighted by molar-refractivity contribution is -0.138. The maximum atomic E-state index is 13.5. The Labute approximate surface area is 115 Å². The first kappa shape index (κ1) is 14.4. The van der Waals surface area contributed by atoms with Crippen LogP contribution in [0.5, 0.6) is 0 Å². The van der Waals surface area contributed by atoms with Gasteiger partial charge in [0.25, 0.3) is 0 Å². The summed E-state index contributed by atoms with van der Waals surface area (Å²) in [5.41, 5.74) is -1.94. The fourth-order valence-corrected chi connectivity index (χ4v) is 1.58. The number of anilines is 1. The van der Waals surface area contributed by atoms with Crippen LogP contribution >= 0.6 is 0 Å². The van der Waals surface area contributed by atoms with Crippen LogP contribution < -0.4 is 10.6 Å². The molecule has 0 heterocycles. The monoisotopic (exact) mass is 282 g/mol. The molecule has 108 valence electrons. The first-order valence-electron chi connectivity index (χ1n) is 6.39. The third kappa shape index (κ3) is 2.95. The molecule has 20 heavy (non-hydrogen) atoms. The third-order valence-electron chi connectivity index (χ3n) is 3.25. The van der Waals surface area contributed by atoms with E-state index in [0.29, 0.717) is 0 Å². The van der Waals surface area contributed by atoms with Crippen molar-refractivity contribution < 1.29 is 18.4 Å². The molecule has 0 aromatic heterocycles. The van der Waals surface area contributed by atoms with Crippen molar-refractivity contribution in [2.75, 3.05) is 5.32 Å². The van der Waals surface area contributed by atoms with Gasteiger partial charge in [0.1, 0.15) is 22.7 Å². The topological polar surface area (TPSA) is 58.2 Å². The van der Waals surface area contributed by atoms with Gasteiger partial charge in [0.15, 0.2) is 0 Å². The zero-order valence-electron chi connectivity index (χ0n) is 11.3. The highest BCUT2D eigenvalue weighted by Crippen LogP contribution is 2.25. The quantitative estimate of drug-likeness (QED) is 0.832. The van der Waals surface area contributed by atoms with Gasteiger partial charge in [0.05, 0.1) is 0 Å². The van der Waals surface area contributed by atoms with Gasteiger partial charge in [-0.15, -0.1) is 0 Å². The molecular formula is C14H16F2N2O2. The molecule has 0 unspecified atom stereocenters. The smallest absolute Gasteiger partial charge is 0.239 e. The van der Waals surface area contributed by atoms with E-state index >= 15 is 0 Å². The summed E-state index contributed by atoms with van der Waals surface area (Å²) in [4.78, 5) is 24.0. The highest BCUT2D eigenvalue weighted by Gasteiger charge is 2.39. The van der Waals surface area contributed by atoms with E-state index in [0.717, 1.165) is 25.0 Å².